The molecule has 1 aliphatic heterocycles. The zero-order valence-corrected chi connectivity index (χ0v) is 18.5. The number of sulfonamides is 1. The van der Waals surface area contributed by atoms with E-state index in [4.69, 9.17) is 4.74 Å². The van der Waals surface area contributed by atoms with E-state index in [-0.39, 0.29) is 35.0 Å². The van der Waals surface area contributed by atoms with E-state index in [1.54, 1.807) is 19.1 Å². The lowest BCUT2D eigenvalue weighted by atomic mass is 10.2. The van der Waals surface area contributed by atoms with Gasteiger partial charge in [0.25, 0.3) is 0 Å². The second-order valence-electron chi connectivity index (χ2n) is 7.07. The molecule has 1 amide bonds. The summed E-state index contributed by atoms with van der Waals surface area (Å²) in [6.45, 7) is 2.79. The lowest BCUT2D eigenvalue weighted by molar-refractivity contribution is -0.115. The van der Waals surface area contributed by atoms with E-state index in [2.05, 4.69) is 5.32 Å². The standard InChI is InChI=1S/C20H23FN2O6S2/c1-15-2-5-17(14-19(15)31(27,28)23-9-11-29-12-10-23)22-20(24)8-13-30(25,26)18-6-3-16(21)4-7-18/h2-7,14H,8-13H2,1H3,(H,22,24). The van der Waals surface area contributed by atoms with Gasteiger partial charge in [0.05, 0.1) is 28.8 Å². The molecule has 8 nitrogen and oxygen atoms in total. The van der Waals surface area contributed by atoms with Gasteiger partial charge in [-0.2, -0.15) is 4.31 Å². The number of sulfone groups is 1. The van der Waals surface area contributed by atoms with Gasteiger partial charge in [-0.15, -0.1) is 0 Å². The average Bonchev–Trinajstić information content (AvgIpc) is 2.74. The van der Waals surface area contributed by atoms with Crippen molar-refractivity contribution < 1.29 is 30.8 Å². The van der Waals surface area contributed by atoms with E-state index in [9.17, 15) is 26.0 Å². The van der Waals surface area contributed by atoms with Crippen LogP contribution in [0.2, 0.25) is 0 Å². The van der Waals surface area contributed by atoms with Crippen molar-refractivity contribution in [3.63, 3.8) is 0 Å². The van der Waals surface area contributed by atoms with Gasteiger partial charge in [0.15, 0.2) is 9.84 Å². The zero-order valence-electron chi connectivity index (χ0n) is 16.9. The van der Waals surface area contributed by atoms with Crippen molar-refractivity contribution >= 4 is 31.5 Å². The van der Waals surface area contributed by atoms with Crippen LogP contribution < -0.4 is 5.32 Å². The van der Waals surface area contributed by atoms with Crippen molar-refractivity contribution in [3.8, 4) is 0 Å². The third kappa shape index (κ3) is 5.67. The van der Waals surface area contributed by atoms with Crippen molar-refractivity contribution in [1.82, 2.24) is 4.31 Å². The third-order valence-electron chi connectivity index (χ3n) is 4.83. The fourth-order valence-corrected chi connectivity index (χ4v) is 5.99. The van der Waals surface area contributed by atoms with E-state index in [0.29, 0.717) is 18.8 Å². The Kier molecular flexibility index (Phi) is 7.10. The molecule has 0 radical (unpaired) electrons. The minimum absolute atomic E-state index is 0.0732. The molecule has 1 heterocycles. The summed E-state index contributed by atoms with van der Waals surface area (Å²) in [4.78, 5) is 12.3. The number of carbonyl (C=O) groups excluding carboxylic acids is 1. The molecule has 1 aliphatic rings. The number of rotatable bonds is 7. The summed E-state index contributed by atoms with van der Waals surface area (Å²) in [6, 6.07) is 8.87. The number of anilines is 1. The quantitative estimate of drug-likeness (QED) is 0.620. The summed E-state index contributed by atoms with van der Waals surface area (Å²) in [5.74, 6) is -1.60. The van der Waals surface area contributed by atoms with Crippen LogP contribution in [0.25, 0.3) is 0 Å². The zero-order chi connectivity index (χ0) is 22.6. The minimum atomic E-state index is -3.76. The SMILES string of the molecule is Cc1ccc(NC(=O)CCS(=O)(=O)c2ccc(F)cc2)cc1S(=O)(=O)N1CCOCC1. The number of halogens is 1. The van der Waals surface area contributed by atoms with Gasteiger partial charge in [-0.25, -0.2) is 21.2 Å². The lowest BCUT2D eigenvalue weighted by Gasteiger charge is -2.26. The average molecular weight is 471 g/mol. The van der Waals surface area contributed by atoms with Gasteiger partial charge in [-0.05, 0) is 48.9 Å². The molecule has 0 saturated carbocycles. The van der Waals surface area contributed by atoms with Crippen molar-refractivity contribution in [2.45, 2.75) is 23.1 Å². The van der Waals surface area contributed by atoms with Gasteiger partial charge >= 0.3 is 0 Å². The largest absolute Gasteiger partial charge is 0.379 e. The molecule has 0 bridgehead atoms. The molecule has 3 rings (SSSR count). The fraction of sp³-hybridized carbons (Fsp3) is 0.350. The molecule has 0 atom stereocenters. The lowest BCUT2D eigenvalue weighted by Crippen LogP contribution is -2.40. The van der Waals surface area contributed by atoms with Crippen molar-refractivity contribution in [2.24, 2.45) is 0 Å². The Labute approximate surface area is 181 Å². The molecule has 0 aromatic heterocycles. The molecular formula is C20H23FN2O6S2. The molecule has 1 fully saturated rings. The molecule has 11 heteroatoms. The smallest absolute Gasteiger partial charge is 0.243 e. The van der Waals surface area contributed by atoms with Crippen LogP contribution in [0.5, 0.6) is 0 Å². The third-order valence-corrected chi connectivity index (χ3v) is 8.60. The maximum absolute atomic E-state index is 13.0. The summed E-state index contributed by atoms with van der Waals surface area (Å²) >= 11 is 0. The van der Waals surface area contributed by atoms with Crippen LogP contribution in [-0.2, 0) is 29.4 Å². The van der Waals surface area contributed by atoms with E-state index >= 15 is 0 Å². The first kappa shape index (κ1) is 23.3. The Morgan fingerprint density at radius 2 is 1.71 bits per heavy atom. The highest BCUT2D eigenvalue weighted by Crippen LogP contribution is 2.24. The van der Waals surface area contributed by atoms with Crippen LogP contribution in [0.1, 0.15) is 12.0 Å². The number of nitrogens with zero attached hydrogens (tertiary/aromatic N) is 1. The van der Waals surface area contributed by atoms with E-state index < -0.39 is 37.3 Å². The van der Waals surface area contributed by atoms with Crippen LogP contribution >= 0.6 is 0 Å². The van der Waals surface area contributed by atoms with E-state index in [1.165, 1.54) is 10.4 Å². The van der Waals surface area contributed by atoms with E-state index in [1.807, 2.05) is 0 Å². The molecule has 168 valence electrons. The Morgan fingerprint density at radius 1 is 1.06 bits per heavy atom. The number of nitrogens with one attached hydrogen (secondary N) is 1. The minimum Gasteiger partial charge on any atom is -0.379 e. The van der Waals surface area contributed by atoms with Crippen LogP contribution in [0, 0.1) is 12.7 Å². The molecule has 0 aliphatic carbocycles. The number of hydrogen-bond donors (Lipinski definition) is 1. The van der Waals surface area contributed by atoms with Gasteiger partial charge in [-0.1, -0.05) is 6.07 Å². The van der Waals surface area contributed by atoms with Gasteiger partial charge in [-0.3, -0.25) is 4.79 Å². The first-order chi connectivity index (χ1) is 14.6. The number of amides is 1. The molecular weight excluding hydrogens is 447 g/mol. The van der Waals surface area contributed by atoms with Crippen LogP contribution in [0.3, 0.4) is 0 Å². The number of hydrogen-bond acceptors (Lipinski definition) is 6. The van der Waals surface area contributed by atoms with Crippen LogP contribution in [0.15, 0.2) is 52.3 Å². The Bertz CT molecular complexity index is 1160. The second-order valence-corrected chi connectivity index (χ2v) is 11.1. The predicted molar refractivity (Wildman–Crippen MR) is 112 cm³/mol. The Balaban J connectivity index is 1.69. The highest BCUT2D eigenvalue weighted by molar-refractivity contribution is 7.91. The summed E-state index contributed by atoms with van der Waals surface area (Å²) < 4.78 is 70.0. The van der Waals surface area contributed by atoms with Gasteiger partial charge in [0.1, 0.15) is 5.82 Å². The molecule has 2 aromatic carbocycles. The molecule has 1 saturated heterocycles. The Morgan fingerprint density at radius 3 is 2.35 bits per heavy atom. The molecule has 0 unspecified atom stereocenters. The topological polar surface area (TPSA) is 110 Å². The van der Waals surface area contributed by atoms with Crippen molar-refractivity contribution in [3.05, 3.63) is 53.8 Å². The van der Waals surface area contributed by atoms with Crippen LogP contribution in [-0.4, -0.2) is 59.1 Å². The van der Waals surface area contributed by atoms with Crippen molar-refractivity contribution in [1.29, 1.82) is 0 Å². The number of morpholine rings is 1. The highest BCUT2D eigenvalue weighted by atomic mass is 32.2. The number of carbonyl (C=O) groups is 1. The summed E-state index contributed by atoms with van der Waals surface area (Å²) in [6.07, 6.45) is -0.334. The summed E-state index contributed by atoms with van der Waals surface area (Å²) in [7, 11) is -7.51. The highest BCUT2D eigenvalue weighted by Gasteiger charge is 2.28. The number of benzene rings is 2. The Hall–Kier alpha value is -2.34. The van der Waals surface area contributed by atoms with Crippen LogP contribution in [0.4, 0.5) is 10.1 Å². The van der Waals surface area contributed by atoms with E-state index in [0.717, 1.165) is 24.3 Å². The first-order valence-electron chi connectivity index (χ1n) is 9.56. The van der Waals surface area contributed by atoms with Crippen molar-refractivity contribution in [2.75, 3.05) is 37.4 Å². The maximum Gasteiger partial charge on any atom is 0.243 e. The van der Waals surface area contributed by atoms with Gasteiger partial charge in [0, 0.05) is 25.2 Å². The van der Waals surface area contributed by atoms with Gasteiger partial charge < -0.3 is 10.1 Å². The molecule has 31 heavy (non-hydrogen) atoms. The maximum atomic E-state index is 13.0. The monoisotopic (exact) mass is 470 g/mol. The number of ether oxygens (including phenoxy) is 1. The second kappa shape index (κ2) is 9.43. The normalized spacial score (nSPS) is 15.5. The molecule has 0 spiro atoms. The first-order valence-corrected chi connectivity index (χ1v) is 12.7. The summed E-state index contributed by atoms with van der Waals surface area (Å²) in [5, 5.41) is 2.55. The van der Waals surface area contributed by atoms with Gasteiger partial charge in [0.2, 0.25) is 15.9 Å². The fourth-order valence-electron chi connectivity index (χ4n) is 3.09. The predicted octanol–water partition coefficient (Wildman–Crippen LogP) is 1.96. The molecule has 2 aromatic rings. The number of aryl methyl sites for hydroxylation is 1. The summed E-state index contributed by atoms with van der Waals surface area (Å²) in [5.41, 5.74) is 0.782. The molecule has 1 N–H and O–H groups in total.